The van der Waals surface area contributed by atoms with Crippen LogP contribution in [0.15, 0.2) is 34.5 Å². The highest BCUT2D eigenvalue weighted by Gasteiger charge is 2.32. The van der Waals surface area contributed by atoms with Crippen LogP contribution in [0.1, 0.15) is 48.1 Å². The van der Waals surface area contributed by atoms with Crippen molar-refractivity contribution in [2.75, 3.05) is 6.61 Å². The summed E-state index contributed by atoms with van der Waals surface area (Å²) in [7, 11) is 0. The molecule has 1 unspecified atom stereocenters. The number of carbonyl (C=O) groups excluding carboxylic acids is 1. The van der Waals surface area contributed by atoms with Gasteiger partial charge < -0.3 is 9.84 Å². The second-order valence-corrected chi connectivity index (χ2v) is 8.26. The van der Waals surface area contributed by atoms with Crippen LogP contribution in [0.2, 0.25) is 0 Å². The molecular formula is C21H21N7O3. The van der Waals surface area contributed by atoms with E-state index in [1.54, 1.807) is 31.2 Å². The van der Waals surface area contributed by atoms with Crippen molar-refractivity contribution in [3.8, 4) is 17.6 Å². The molecule has 10 nitrogen and oxygen atoms in total. The van der Waals surface area contributed by atoms with E-state index in [1.165, 1.54) is 4.68 Å². The van der Waals surface area contributed by atoms with Gasteiger partial charge in [-0.1, -0.05) is 20.8 Å². The molecule has 31 heavy (non-hydrogen) atoms. The number of aromatic nitrogens is 4. The zero-order valence-electron chi connectivity index (χ0n) is 17.5. The van der Waals surface area contributed by atoms with E-state index in [0.717, 1.165) is 0 Å². The molecule has 4 rings (SSSR count). The SMILES string of the molecule is Cc1nn(-c2ccc(C(=O)C3CO3)cc2)c(O)c1/N=N/c1[nH]nc(C(C)(C)C)c1C#N. The number of hydrogen-bond acceptors (Lipinski definition) is 8. The fourth-order valence-corrected chi connectivity index (χ4v) is 3.11. The number of rotatable bonds is 5. The lowest BCUT2D eigenvalue weighted by atomic mass is 9.90. The maximum absolute atomic E-state index is 12.1. The Bertz CT molecular complexity index is 1220. The van der Waals surface area contributed by atoms with Crippen LogP contribution in [-0.4, -0.2) is 43.6 Å². The molecule has 1 aromatic carbocycles. The van der Waals surface area contributed by atoms with Crippen molar-refractivity contribution in [2.24, 2.45) is 10.2 Å². The highest BCUT2D eigenvalue weighted by atomic mass is 16.6. The third kappa shape index (κ3) is 3.83. The monoisotopic (exact) mass is 419 g/mol. The van der Waals surface area contributed by atoms with Crippen molar-refractivity contribution in [3.63, 3.8) is 0 Å². The molecule has 1 saturated heterocycles. The Morgan fingerprint density at radius 3 is 2.58 bits per heavy atom. The van der Waals surface area contributed by atoms with Gasteiger partial charge in [0.05, 0.1) is 23.7 Å². The lowest BCUT2D eigenvalue weighted by molar-refractivity contribution is 0.0953. The van der Waals surface area contributed by atoms with Gasteiger partial charge in [-0.2, -0.15) is 20.1 Å². The molecule has 2 N–H and O–H groups in total. The predicted molar refractivity (Wildman–Crippen MR) is 110 cm³/mol. The Morgan fingerprint density at radius 1 is 1.32 bits per heavy atom. The first-order valence-corrected chi connectivity index (χ1v) is 9.66. The molecule has 1 aliphatic rings. The molecule has 3 heterocycles. The third-order valence-electron chi connectivity index (χ3n) is 4.85. The Kier molecular flexibility index (Phi) is 4.91. The maximum Gasteiger partial charge on any atom is 0.243 e. The summed E-state index contributed by atoms with van der Waals surface area (Å²) in [6.45, 7) is 7.98. The zero-order valence-corrected chi connectivity index (χ0v) is 17.5. The smallest absolute Gasteiger partial charge is 0.243 e. The molecule has 1 atom stereocenters. The van der Waals surface area contributed by atoms with E-state index in [0.29, 0.717) is 34.8 Å². The summed E-state index contributed by atoms with van der Waals surface area (Å²) < 4.78 is 6.33. The van der Waals surface area contributed by atoms with Gasteiger partial charge in [-0.05, 0) is 31.2 Å². The molecule has 0 spiro atoms. The lowest BCUT2D eigenvalue weighted by Gasteiger charge is -2.14. The van der Waals surface area contributed by atoms with Gasteiger partial charge in [0.25, 0.3) is 0 Å². The van der Waals surface area contributed by atoms with Crippen molar-refractivity contribution in [2.45, 2.75) is 39.2 Å². The molecule has 1 aliphatic heterocycles. The number of aromatic amines is 1. The molecule has 0 bridgehead atoms. The molecule has 0 amide bonds. The number of H-pyrrole nitrogens is 1. The Balaban J connectivity index is 1.63. The highest BCUT2D eigenvalue weighted by molar-refractivity contribution is 6.00. The van der Waals surface area contributed by atoms with Crippen molar-refractivity contribution < 1.29 is 14.6 Å². The number of carbonyl (C=O) groups is 1. The van der Waals surface area contributed by atoms with E-state index < -0.39 is 0 Å². The number of ether oxygens (including phenoxy) is 1. The van der Waals surface area contributed by atoms with Gasteiger partial charge in [0.15, 0.2) is 17.3 Å². The number of nitriles is 1. The summed E-state index contributed by atoms with van der Waals surface area (Å²) in [6, 6.07) is 8.79. The lowest BCUT2D eigenvalue weighted by Crippen LogP contribution is -2.13. The van der Waals surface area contributed by atoms with E-state index >= 15 is 0 Å². The molecule has 0 radical (unpaired) electrons. The van der Waals surface area contributed by atoms with Gasteiger partial charge in [0.2, 0.25) is 5.88 Å². The van der Waals surface area contributed by atoms with Crippen LogP contribution < -0.4 is 0 Å². The first-order valence-electron chi connectivity index (χ1n) is 9.66. The average Bonchev–Trinajstić information content (AvgIpc) is 3.43. The summed E-state index contributed by atoms with van der Waals surface area (Å²) in [4.78, 5) is 12.1. The normalized spacial score (nSPS) is 15.9. The molecular weight excluding hydrogens is 398 g/mol. The van der Waals surface area contributed by atoms with Gasteiger partial charge >= 0.3 is 0 Å². The molecule has 0 aliphatic carbocycles. The number of nitrogens with zero attached hydrogens (tertiary/aromatic N) is 6. The van der Waals surface area contributed by atoms with Gasteiger partial charge in [-0.15, -0.1) is 10.2 Å². The summed E-state index contributed by atoms with van der Waals surface area (Å²) in [5.41, 5.74) is 2.27. The summed E-state index contributed by atoms with van der Waals surface area (Å²) in [5.74, 6) is -0.0616. The highest BCUT2D eigenvalue weighted by Crippen LogP contribution is 2.35. The minimum atomic E-state index is -0.349. The Hall–Kier alpha value is -3.84. The van der Waals surface area contributed by atoms with Crippen LogP contribution in [0.25, 0.3) is 5.69 Å². The van der Waals surface area contributed by atoms with E-state index in [4.69, 9.17) is 4.74 Å². The Labute approximate surface area is 178 Å². The van der Waals surface area contributed by atoms with Crippen LogP contribution in [0.4, 0.5) is 11.5 Å². The largest absolute Gasteiger partial charge is 0.492 e. The fourth-order valence-electron chi connectivity index (χ4n) is 3.11. The molecule has 0 saturated carbocycles. The summed E-state index contributed by atoms with van der Waals surface area (Å²) in [5, 5.41) is 39.6. The molecule has 10 heteroatoms. The second-order valence-electron chi connectivity index (χ2n) is 8.26. The number of aryl methyl sites for hydroxylation is 1. The van der Waals surface area contributed by atoms with Gasteiger partial charge in [0.1, 0.15) is 17.7 Å². The number of nitrogens with one attached hydrogen (secondary N) is 1. The van der Waals surface area contributed by atoms with E-state index in [9.17, 15) is 15.2 Å². The molecule has 2 aromatic heterocycles. The van der Waals surface area contributed by atoms with E-state index in [2.05, 4.69) is 31.6 Å². The number of Topliss-reactive ketones (excluding diaryl/α,β-unsaturated/α-hetero) is 1. The number of hydrogen-bond donors (Lipinski definition) is 2. The van der Waals surface area contributed by atoms with Crippen LogP contribution in [0.3, 0.4) is 0 Å². The van der Waals surface area contributed by atoms with Gasteiger partial charge in [-0.25, -0.2) is 0 Å². The van der Waals surface area contributed by atoms with Crippen LogP contribution in [-0.2, 0) is 10.2 Å². The van der Waals surface area contributed by atoms with E-state index in [1.807, 2.05) is 20.8 Å². The number of aromatic hydroxyl groups is 1. The van der Waals surface area contributed by atoms with E-state index in [-0.39, 0.29) is 34.7 Å². The van der Waals surface area contributed by atoms with Gasteiger partial charge in [-0.3, -0.25) is 9.89 Å². The zero-order chi connectivity index (χ0) is 22.3. The number of ketones is 1. The van der Waals surface area contributed by atoms with Crippen LogP contribution in [0.5, 0.6) is 5.88 Å². The fraction of sp³-hybridized carbons (Fsp3) is 0.333. The number of azo groups is 1. The number of benzene rings is 1. The minimum absolute atomic E-state index is 0.0654. The second kappa shape index (κ2) is 7.45. The Morgan fingerprint density at radius 2 is 2.00 bits per heavy atom. The molecule has 158 valence electrons. The van der Waals surface area contributed by atoms with Crippen LogP contribution in [0, 0.1) is 18.3 Å². The standard InChI is InChI=1S/C21H21N7O3/c1-11-16(23-25-19-14(9-22)18(24-26-19)21(2,3)4)20(30)28(27-11)13-7-5-12(6-8-13)17(29)15-10-31-15/h5-8,15,30H,10H2,1-4H3,(H,24,26)/b25-23+. The predicted octanol–water partition coefficient (Wildman–Crippen LogP) is 3.78. The topological polar surface area (TPSA) is 145 Å². The minimum Gasteiger partial charge on any atom is -0.492 e. The van der Waals surface area contributed by atoms with Crippen molar-refractivity contribution in [1.29, 1.82) is 5.26 Å². The van der Waals surface area contributed by atoms with Crippen LogP contribution >= 0.6 is 0 Å². The van der Waals surface area contributed by atoms with Crippen molar-refractivity contribution >= 4 is 17.3 Å². The van der Waals surface area contributed by atoms with Gasteiger partial charge in [0, 0.05) is 11.0 Å². The molecule has 1 fully saturated rings. The summed E-state index contributed by atoms with van der Waals surface area (Å²) >= 11 is 0. The first-order chi connectivity index (χ1) is 14.7. The summed E-state index contributed by atoms with van der Waals surface area (Å²) in [6.07, 6.45) is -0.349. The van der Waals surface area contributed by atoms with Crippen molar-refractivity contribution in [3.05, 3.63) is 46.8 Å². The average molecular weight is 419 g/mol. The number of epoxide rings is 1. The maximum atomic E-state index is 12.1. The quantitative estimate of drug-likeness (QED) is 0.366. The third-order valence-corrected chi connectivity index (χ3v) is 4.85. The van der Waals surface area contributed by atoms with Crippen molar-refractivity contribution in [1.82, 2.24) is 20.0 Å². The first kappa shape index (κ1) is 20.4. The molecule has 3 aromatic rings.